The van der Waals surface area contributed by atoms with E-state index in [1.54, 1.807) is 0 Å². The normalized spacial score (nSPS) is 11.2. The van der Waals surface area contributed by atoms with Crippen molar-refractivity contribution in [3.8, 4) is 0 Å². The number of nitrogens with zero attached hydrogens (tertiary/aromatic N) is 2. The maximum absolute atomic E-state index is 4.44. The number of hydrogen-bond acceptors (Lipinski definition) is 3. The Morgan fingerprint density at radius 3 is 2.72 bits per heavy atom. The van der Waals surface area contributed by atoms with Crippen LogP contribution in [-0.2, 0) is 6.54 Å². The van der Waals surface area contributed by atoms with Crippen molar-refractivity contribution in [1.29, 1.82) is 0 Å². The lowest BCUT2D eigenvalue weighted by Gasteiger charge is -2.23. The topological polar surface area (TPSA) is 28.2 Å². The maximum atomic E-state index is 4.44. The molecular weight excluding hydrogens is 222 g/mol. The van der Waals surface area contributed by atoms with E-state index in [9.17, 15) is 0 Å². The van der Waals surface area contributed by atoms with Crippen molar-refractivity contribution in [3.05, 3.63) is 23.9 Å². The lowest BCUT2D eigenvalue weighted by Crippen LogP contribution is -2.27. The van der Waals surface area contributed by atoms with Crippen molar-refractivity contribution in [2.75, 3.05) is 25.0 Å². The van der Waals surface area contributed by atoms with E-state index < -0.39 is 0 Å². The fourth-order valence-electron chi connectivity index (χ4n) is 2.03. The summed E-state index contributed by atoms with van der Waals surface area (Å²) >= 11 is 0. The Morgan fingerprint density at radius 2 is 2.11 bits per heavy atom. The molecular formula is C15H27N3. The molecule has 102 valence electrons. The average Bonchev–Trinajstić information content (AvgIpc) is 2.36. The van der Waals surface area contributed by atoms with Gasteiger partial charge in [0.1, 0.15) is 5.82 Å². The molecule has 18 heavy (non-hydrogen) atoms. The van der Waals surface area contributed by atoms with E-state index in [0.29, 0.717) is 5.92 Å². The van der Waals surface area contributed by atoms with Gasteiger partial charge in [0.05, 0.1) is 0 Å². The van der Waals surface area contributed by atoms with Crippen molar-refractivity contribution in [2.45, 2.75) is 40.7 Å². The van der Waals surface area contributed by atoms with Crippen LogP contribution < -0.4 is 5.32 Å². The fourth-order valence-corrected chi connectivity index (χ4v) is 2.03. The standard InChI is InChI=1S/C15H27N3/c1-5-9-16-15-14(8-7-10-17-15)12-18(6-2)11-13(3)4/h7-8,10,13H,5-6,9,11-12H2,1-4H3,(H,16,17). The lowest BCUT2D eigenvalue weighted by atomic mass is 10.1. The highest BCUT2D eigenvalue weighted by molar-refractivity contribution is 5.43. The molecule has 0 atom stereocenters. The van der Waals surface area contributed by atoms with Crippen LogP contribution >= 0.6 is 0 Å². The van der Waals surface area contributed by atoms with E-state index in [4.69, 9.17) is 0 Å². The first-order valence-electron chi connectivity index (χ1n) is 7.07. The van der Waals surface area contributed by atoms with Crippen LogP contribution in [0.1, 0.15) is 39.7 Å². The average molecular weight is 249 g/mol. The van der Waals surface area contributed by atoms with Gasteiger partial charge in [0, 0.05) is 31.4 Å². The molecule has 0 aliphatic heterocycles. The van der Waals surface area contributed by atoms with Crippen molar-refractivity contribution < 1.29 is 0 Å². The second-order valence-corrected chi connectivity index (χ2v) is 5.16. The van der Waals surface area contributed by atoms with E-state index in [1.165, 1.54) is 5.56 Å². The molecule has 1 aromatic heterocycles. The third kappa shape index (κ3) is 5.05. The van der Waals surface area contributed by atoms with E-state index in [-0.39, 0.29) is 0 Å². The lowest BCUT2D eigenvalue weighted by molar-refractivity contribution is 0.248. The van der Waals surface area contributed by atoms with Crippen LogP contribution in [0.3, 0.4) is 0 Å². The monoisotopic (exact) mass is 249 g/mol. The molecule has 0 radical (unpaired) electrons. The van der Waals surface area contributed by atoms with Crippen LogP contribution in [0.25, 0.3) is 0 Å². The summed E-state index contributed by atoms with van der Waals surface area (Å²) in [5.74, 6) is 1.75. The molecule has 1 aromatic rings. The molecule has 0 saturated heterocycles. The molecule has 0 fully saturated rings. The van der Waals surface area contributed by atoms with Crippen molar-refractivity contribution in [1.82, 2.24) is 9.88 Å². The Labute approximate surface area is 112 Å². The first kappa shape index (κ1) is 15.0. The number of pyridine rings is 1. The fraction of sp³-hybridized carbons (Fsp3) is 0.667. The molecule has 0 amide bonds. The van der Waals surface area contributed by atoms with Crippen molar-refractivity contribution >= 4 is 5.82 Å². The summed E-state index contributed by atoms with van der Waals surface area (Å²) in [7, 11) is 0. The predicted molar refractivity (Wildman–Crippen MR) is 78.8 cm³/mol. The quantitative estimate of drug-likeness (QED) is 0.765. The van der Waals surface area contributed by atoms with E-state index in [0.717, 1.165) is 38.4 Å². The largest absolute Gasteiger partial charge is 0.370 e. The molecule has 0 aliphatic rings. The van der Waals surface area contributed by atoms with Gasteiger partial charge in [-0.25, -0.2) is 4.98 Å². The molecule has 0 aliphatic carbocycles. The SMILES string of the molecule is CCCNc1ncccc1CN(CC)CC(C)C. The molecule has 0 aromatic carbocycles. The number of rotatable bonds is 8. The molecule has 1 heterocycles. The number of hydrogen-bond donors (Lipinski definition) is 1. The van der Waals surface area contributed by atoms with E-state index in [1.807, 2.05) is 12.3 Å². The summed E-state index contributed by atoms with van der Waals surface area (Å²) in [5.41, 5.74) is 1.30. The zero-order valence-electron chi connectivity index (χ0n) is 12.2. The summed E-state index contributed by atoms with van der Waals surface area (Å²) in [5, 5.41) is 3.41. The smallest absolute Gasteiger partial charge is 0.130 e. The maximum Gasteiger partial charge on any atom is 0.130 e. The molecule has 1 rings (SSSR count). The Hall–Kier alpha value is -1.09. The third-order valence-corrected chi connectivity index (χ3v) is 2.90. The molecule has 0 bridgehead atoms. The van der Waals surface area contributed by atoms with Gasteiger partial charge in [0.2, 0.25) is 0 Å². The second-order valence-electron chi connectivity index (χ2n) is 5.16. The first-order valence-corrected chi connectivity index (χ1v) is 7.07. The van der Waals surface area contributed by atoms with E-state index in [2.05, 4.69) is 49.0 Å². The zero-order valence-corrected chi connectivity index (χ0v) is 12.2. The molecule has 0 saturated carbocycles. The van der Waals surface area contributed by atoms with Gasteiger partial charge in [-0.15, -0.1) is 0 Å². The van der Waals surface area contributed by atoms with Crippen molar-refractivity contribution in [2.24, 2.45) is 5.92 Å². The summed E-state index contributed by atoms with van der Waals surface area (Å²) in [4.78, 5) is 6.92. The predicted octanol–water partition coefficient (Wildman–Crippen LogP) is 3.38. The summed E-state index contributed by atoms with van der Waals surface area (Å²) in [6.45, 7) is 13.1. The minimum Gasteiger partial charge on any atom is -0.370 e. The van der Waals surface area contributed by atoms with Gasteiger partial charge in [-0.1, -0.05) is 33.8 Å². The van der Waals surface area contributed by atoms with E-state index >= 15 is 0 Å². The first-order chi connectivity index (χ1) is 8.67. The highest BCUT2D eigenvalue weighted by Gasteiger charge is 2.09. The molecule has 1 N–H and O–H groups in total. The molecule has 3 nitrogen and oxygen atoms in total. The van der Waals surface area contributed by atoms with Gasteiger partial charge in [-0.3, -0.25) is 4.90 Å². The van der Waals surface area contributed by atoms with Crippen LogP contribution in [-0.4, -0.2) is 29.5 Å². The Kier molecular flexibility index (Phi) is 6.73. The molecule has 0 unspecified atom stereocenters. The Morgan fingerprint density at radius 1 is 1.33 bits per heavy atom. The Balaban J connectivity index is 2.69. The zero-order chi connectivity index (χ0) is 13.4. The van der Waals surface area contributed by atoms with Gasteiger partial charge in [0.25, 0.3) is 0 Å². The summed E-state index contributed by atoms with van der Waals surface area (Å²) in [6, 6.07) is 4.20. The minimum atomic E-state index is 0.702. The van der Waals surface area contributed by atoms with Gasteiger partial charge in [-0.2, -0.15) is 0 Å². The third-order valence-electron chi connectivity index (χ3n) is 2.90. The minimum absolute atomic E-state index is 0.702. The summed E-state index contributed by atoms with van der Waals surface area (Å²) in [6.07, 6.45) is 2.99. The van der Waals surface area contributed by atoms with Crippen LogP contribution in [0.2, 0.25) is 0 Å². The molecule has 3 heteroatoms. The summed E-state index contributed by atoms with van der Waals surface area (Å²) < 4.78 is 0. The van der Waals surface area contributed by atoms with Gasteiger partial charge >= 0.3 is 0 Å². The highest BCUT2D eigenvalue weighted by Crippen LogP contribution is 2.15. The van der Waals surface area contributed by atoms with Crippen LogP contribution in [0.15, 0.2) is 18.3 Å². The van der Waals surface area contributed by atoms with Gasteiger partial charge in [-0.05, 0) is 24.9 Å². The Bertz CT molecular complexity index is 336. The van der Waals surface area contributed by atoms with Crippen molar-refractivity contribution in [3.63, 3.8) is 0 Å². The highest BCUT2D eigenvalue weighted by atomic mass is 15.1. The van der Waals surface area contributed by atoms with Gasteiger partial charge < -0.3 is 5.32 Å². The number of anilines is 1. The molecule has 0 spiro atoms. The second kappa shape index (κ2) is 8.09. The number of nitrogens with one attached hydrogen (secondary N) is 1. The van der Waals surface area contributed by atoms with Crippen LogP contribution in [0.5, 0.6) is 0 Å². The van der Waals surface area contributed by atoms with Crippen LogP contribution in [0, 0.1) is 5.92 Å². The van der Waals surface area contributed by atoms with Crippen LogP contribution in [0.4, 0.5) is 5.82 Å². The number of aromatic nitrogens is 1. The van der Waals surface area contributed by atoms with Gasteiger partial charge in [0.15, 0.2) is 0 Å².